The van der Waals surface area contributed by atoms with Crippen molar-refractivity contribution < 1.29 is 9.47 Å². The van der Waals surface area contributed by atoms with Crippen molar-refractivity contribution >= 4 is 5.84 Å². The van der Waals surface area contributed by atoms with E-state index in [4.69, 9.17) is 20.6 Å². The number of nitrogens with zero attached hydrogens (tertiary/aromatic N) is 1. The van der Waals surface area contributed by atoms with Gasteiger partial charge in [0.25, 0.3) is 0 Å². The zero-order chi connectivity index (χ0) is 14.4. The Hall–Kier alpha value is -2.56. The van der Waals surface area contributed by atoms with Crippen LogP contribution in [0, 0.1) is 5.41 Å². The van der Waals surface area contributed by atoms with E-state index < -0.39 is 0 Å². The number of aromatic nitrogens is 1. The largest absolute Gasteiger partial charge is 0.487 e. The van der Waals surface area contributed by atoms with E-state index in [1.54, 1.807) is 13.2 Å². The molecule has 0 amide bonds. The molecule has 0 fully saturated rings. The first kappa shape index (κ1) is 13.9. The monoisotopic (exact) mass is 271 g/mol. The van der Waals surface area contributed by atoms with Crippen LogP contribution in [-0.4, -0.2) is 17.9 Å². The summed E-state index contributed by atoms with van der Waals surface area (Å²) in [4.78, 5) is 4.27. The molecule has 5 heteroatoms. The van der Waals surface area contributed by atoms with Crippen LogP contribution >= 0.6 is 0 Å². The van der Waals surface area contributed by atoms with Gasteiger partial charge in [0.2, 0.25) is 5.88 Å². The maximum Gasteiger partial charge on any atom is 0.213 e. The van der Waals surface area contributed by atoms with Crippen LogP contribution in [0.4, 0.5) is 0 Å². The van der Waals surface area contributed by atoms with E-state index in [0.29, 0.717) is 18.9 Å². The highest BCUT2D eigenvalue weighted by atomic mass is 16.5. The second-order valence-corrected chi connectivity index (χ2v) is 4.31. The molecule has 0 aliphatic rings. The lowest BCUT2D eigenvalue weighted by Gasteiger charge is -2.07. The van der Waals surface area contributed by atoms with E-state index in [9.17, 15) is 0 Å². The SMILES string of the molecule is COc1cccc(COc2ccc(CC(=N)N)cc2)n1. The molecule has 0 atom stereocenters. The highest BCUT2D eigenvalue weighted by Crippen LogP contribution is 2.15. The molecule has 5 nitrogen and oxygen atoms in total. The third kappa shape index (κ3) is 3.98. The Bertz CT molecular complexity index is 582. The van der Waals surface area contributed by atoms with Gasteiger partial charge in [-0.25, -0.2) is 4.98 Å². The van der Waals surface area contributed by atoms with Gasteiger partial charge < -0.3 is 15.2 Å². The van der Waals surface area contributed by atoms with Crippen molar-refractivity contribution in [2.75, 3.05) is 7.11 Å². The van der Waals surface area contributed by atoms with Gasteiger partial charge in [-0.1, -0.05) is 18.2 Å². The first-order valence-corrected chi connectivity index (χ1v) is 6.22. The fourth-order valence-corrected chi connectivity index (χ4v) is 1.73. The van der Waals surface area contributed by atoms with Gasteiger partial charge in [0.1, 0.15) is 12.4 Å². The van der Waals surface area contributed by atoms with Crippen LogP contribution in [0.5, 0.6) is 11.6 Å². The van der Waals surface area contributed by atoms with Gasteiger partial charge in [-0.05, 0) is 23.8 Å². The first-order valence-electron chi connectivity index (χ1n) is 6.22. The minimum absolute atomic E-state index is 0.152. The molecule has 2 aromatic rings. The zero-order valence-corrected chi connectivity index (χ0v) is 11.3. The summed E-state index contributed by atoms with van der Waals surface area (Å²) in [6.45, 7) is 0.378. The van der Waals surface area contributed by atoms with Crippen molar-refractivity contribution in [3.8, 4) is 11.6 Å². The van der Waals surface area contributed by atoms with Crippen LogP contribution in [-0.2, 0) is 13.0 Å². The van der Waals surface area contributed by atoms with Gasteiger partial charge in [-0.15, -0.1) is 0 Å². The number of nitrogens with one attached hydrogen (secondary N) is 1. The molecule has 1 aromatic carbocycles. The summed E-state index contributed by atoms with van der Waals surface area (Å²) >= 11 is 0. The van der Waals surface area contributed by atoms with E-state index in [0.717, 1.165) is 17.0 Å². The molecule has 2 rings (SSSR count). The molecule has 0 aliphatic carbocycles. The van der Waals surface area contributed by atoms with Crippen LogP contribution in [0.3, 0.4) is 0 Å². The lowest BCUT2D eigenvalue weighted by atomic mass is 10.1. The van der Waals surface area contributed by atoms with Crippen LogP contribution < -0.4 is 15.2 Å². The highest BCUT2D eigenvalue weighted by Gasteiger charge is 2.00. The van der Waals surface area contributed by atoms with E-state index in [-0.39, 0.29) is 5.84 Å². The minimum Gasteiger partial charge on any atom is -0.487 e. The first-order chi connectivity index (χ1) is 9.67. The molecule has 0 saturated carbocycles. The Morgan fingerprint density at radius 1 is 1.20 bits per heavy atom. The number of hydrogen-bond donors (Lipinski definition) is 2. The molecule has 0 bridgehead atoms. The molecule has 1 aromatic heterocycles. The molecule has 104 valence electrons. The molecular formula is C15H17N3O2. The van der Waals surface area contributed by atoms with Crippen molar-refractivity contribution in [1.29, 1.82) is 5.41 Å². The molecule has 0 spiro atoms. The molecular weight excluding hydrogens is 254 g/mol. The van der Waals surface area contributed by atoms with Crippen LogP contribution in [0.15, 0.2) is 42.5 Å². The third-order valence-electron chi connectivity index (χ3n) is 2.69. The number of nitrogens with two attached hydrogens (primary N) is 1. The fourth-order valence-electron chi connectivity index (χ4n) is 1.73. The lowest BCUT2D eigenvalue weighted by Crippen LogP contribution is -2.12. The predicted molar refractivity (Wildman–Crippen MR) is 77.2 cm³/mol. The number of hydrogen-bond acceptors (Lipinski definition) is 4. The maximum atomic E-state index is 7.24. The zero-order valence-electron chi connectivity index (χ0n) is 11.3. The lowest BCUT2D eigenvalue weighted by molar-refractivity contribution is 0.298. The third-order valence-corrected chi connectivity index (χ3v) is 2.69. The second kappa shape index (κ2) is 6.56. The number of pyridine rings is 1. The Balaban J connectivity index is 1.94. The number of rotatable bonds is 6. The van der Waals surface area contributed by atoms with Crippen LogP contribution in [0.2, 0.25) is 0 Å². The van der Waals surface area contributed by atoms with E-state index in [2.05, 4.69) is 4.98 Å². The molecule has 20 heavy (non-hydrogen) atoms. The summed E-state index contributed by atoms with van der Waals surface area (Å²) in [6, 6.07) is 13.1. The van der Waals surface area contributed by atoms with Gasteiger partial charge in [0, 0.05) is 12.5 Å². The Morgan fingerprint density at radius 2 is 1.95 bits per heavy atom. The molecule has 0 aliphatic heterocycles. The normalized spacial score (nSPS) is 10.1. The van der Waals surface area contributed by atoms with E-state index in [1.165, 1.54) is 0 Å². The summed E-state index contributed by atoms with van der Waals surface area (Å²) < 4.78 is 10.7. The topological polar surface area (TPSA) is 81.2 Å². The Kier molecular flexibility index (Phi) is 4.55. The number of benzene rings is 1. The van der Waals surface area contributed by atoms with E-state index >= 15 is 0 Å². The average Bonchev–Trinajstić information content (AvgIpc) is 2.46. The predicted octanol–water partition coefficient (Wildman–Crippen LogP) is 2.15. The summed E-state index contributed by atoms with van der Waals surface area (Å²) in [5.41, 5.74) is 7.15. The van der Waals surface area contributed by atoms with Gasteiger partial charge in [-0.3, -0.25) is 5.41 Å². The minimum atomic E-state index is 0.152. The Morgan fingerprint density at radius 3 is 2.60 bits per heavy atom. The molecule has 1 heterocycles. The standard InChI is InChI=1S/C15H17N3O2/c1-19-15-4-2-3-12(18-15)10-20-13-7-5-11(6-8-13)9-14(16)17/h2-8H,9-10H2,1H3,(H3,16,17). The highest BCUT2D eigenvalue weighted by molar-refractivity contribution is 5.79. The average molecular weight is 271 g/mol. The van der Waals surface area contributed by atoms with Gasteiger partial charge in [-0.2, -0.15) is 0 Å². The molecule has 0 radical (unpaired) electrons. The molecule has 0 unspecified atom stereocenters. The molecule has 3 N–H and O–H groups in total. The Labute approximate surface area is 117 Å². The molecule has 0 saturated heterocycles. The van der Waals surface area contributed by atoms with Gasteiger partial charge >= 0.3 is 0 Å². The van der Waals surface area contributed by atoms with Crippen molar-refractivity contribution in [1.82, 2.24) is 4.98 Å². The summed E-state index contributed by atoms with van der Waals surface area (Å²) in [7, 11) is 1.58. The second-order valence-electron chi connectivity index (χ2n) is 4.31. The number of methoxy groups -OCH3 is 1. The maximum absolute atomic E-state index is 7.24. The number of ether oxygens (including phenoxy) is 2. The van der Waals surface area contributed by atoms with Crippen molar-refractivity contribution in [2.24, 2.45) is 5.73 Å². The van der Waals surface area contributed by atoms with Crippen LogP contribution in [0.25, 0.3) is 0 Å². The fraction of sp³-hybridized carbons (Fsp3) is 0.200. The van der Waals surface area contributed by atoms with Crippen molar-refractivity contribution in [3.05, 3.63) is 53.7 Å². The quantitative estimate of drug-likeness (QED) is 0.623. The van der Waals surface area contributed by atoms with Gasteiger partial charge in [0.15, 0.2) is 0 Å². The summed E-state index contributed by atoms with van der Waals surface area (Å²) in [5.74, 6) is 1.48. The summed E-state index contributed by atoms with van der Waals surface area (Å²) in [6.07, 6.45) is 0.456. The van der Waals surface area contributed by atoms with Crippen molar-refractivity contribution in [2.45, 2.75) is 13.0 Å². The smallest absolute Gasteiger partial charge is 0.213 e. The number of amidine groups is 1. The summed E-state index contributed by atoms with van der Waals surface area (Å²) in [5, 5.41) is 7.24. The van der Waals surface area contributed by atoms with Gasteiger partial charge in [0.05, 0.1) is 18.6 Å². The van der Waals surface area contributed by atoms with Crippen LogP contribution in [0.1, 0.15) is 11.3 Å². The van der Waals surface area contributed by atoms with Crippen molar-refractivity contribution in [3.63, 3.8) is 0 Å². The van der Waals surface area contributed by atoms with E-state index in [1.807, 2.05) is 36.4 Å².